The first-order valence-electron chi connectivity index (χ1n) is 9.50. The molecule has 0 atom stereocenters. The number of ether oxygens (including phenoxy) is 2. The Balaban J connectivity index is 4.16. The van der Waals surface area contributed by atoms with Gasteiger partial charge >= 0.3 is 0 Å². The summed E-state index contributed by atoms with van der Waals surface area (Å²) < 4.78 is 11.8. The second-order valence-electron chi connectivity index (χ2n) is 6.82. The first-order chi connectivity index (χ1) is 10.6. The van der Waals surface area contributed by atoms with E-state index in [0.717, 1.165) is 38.4 Å². The summed E-state index contributed by atoms with van der Waals surface area (Å²) in [5.41, 5.74) is 1.40. The van der Waals surface area contributed by atoms with Gasteiger partial charge in [-0.25, -0.2) is 0 Å². The van der Waals surface area contributed by atoms with Gasteiger partial charge in [0, 0.05) is 0 Å². The van der Waals surface area contributed by atoms with Crippen molar-refractivity contribution >= 4 is 0 Å². The van der Waals surface area contributed by atoms with Crippen molar-refractivity contribution in [1.82, 2.24) is 0 Å². The van der Waals surface area contributed by atoms with E-state index in [1.807, 2.05) is 0 Å². The van der Waals surface area contributed by atoms with Crippen LogP contribution < -0.4 is 0 Å². The van der Waals surface area contributed by atoms with Crippen LogP contribution in [0, 0.1) is 5.92 Å². The highest BCUT2D eigenvalue weighted by atomic mass is 16.7. The van der Waals surface area contributed by atoms with Crippen molar-refractivity contribution in [3.05, 3.63) is 11.6 Å². The summed E-state index contributed by atoms with van der Waals surface area (Å²) in [5, 5.41) is 0. The Morgan fingerprint density at radius 1 is 0.864 bits per heavy atom. The lowest BCUT2D eigenvalue weighted by atomic mass is 10.0. The highest BCUT2D eigenvalue weighted by Crippen LogP contribution is 2.14. The summed E-state index contributed by atoms with van der Waals surface area (Å²) in [6, 6.07) is 0. The summed E-state index contributed by atoms with van der Waals surface area (Å²) in [6.07, 6.45) is 13.0. The van der Waals surface area contributed by atoms with E-state index >= 15 is 0 Å². The lowest BCUT2D eigenvalue weighted by Gasteiger charge is -2.17. The molecule has 0 saturated heterocycles. The molecule has 0 heterocycles. The molecule has 0 aromatic heterocycles. The predicted octanol–water partition coefficient (Wildman–Crippen LogP) is 6.50. The fourth-order valence-electron chi connectivity index (χ4n) is 2.35. The molecule has 2 nitrogen and oxygen atoms in total. The topological polar surface area (TPSA) is 18.5 Å². The molecule has 0 unspecified atom stereocenters. The predicted molar refractivity (Wildman–Crippen MR) is 97.2 cm³/mol. The number of rotatable bonds is 15. The van der Waals surface area contributed by atoms with E-state index in [0.29, 0.717) is 0 Å². The first-order valence-corrected chi connectivity index (χ1v) is 9.50. The molecule has 0 radical (unpaired) electrons. The second kappa shape index (κ2) is 15.6. The van der Waals surface area contributed by atoms with Gasteiger partial charge in [0.2, 0.25) is 0 Å². The van der Waals surface area contributed by atoms with Crippen LogP contribution in [0.25, 0.3) is 0 Å². The van der Waals surface area contributed by atoms with Crippen molar-refractivity contribution in [2.75, 3.05) is 13.2 Å². The largest absolute Gasteiger partial charge is 0.349 e. The minimum Gasteiger partial charge on any atom is -0.349 e. The van der Waals surface area contributed by atoms with E-state index in [1.165, 1.54) is 44.1 Å². The molecule has 132 valence electrons. The van der Waals surface area contributed by atoms with E-state index in [9.17, 15) is 0 Å². The third kappa shape index (κ3) is 14.6. The number of unbranched alkanes of at least 4 members (excludes halogenated alkanes) is 4. The third-order valence-corrected chi connectivity index (χ3v) is 3.83. The van der Waals surface area contributed by atoms with Crippen LogP contribution in [-0.2, 0) is 9.47 Å². The van der Waals surface area contributed by atoms with E-state index in [4.69, 9.17) is 9.47 Å². The second-order valence-corrected chi connectivity index (χ2v) is 6.82. The van der Waals surface area contributed by atoms with Crippen molar-refractivity contribution in [3.8, 4) is 0 Å². The molecule has 0 aliphatic carbocycles. The SMILES string of the molecule is CCCCCOC(C=C(C)CCCC(C)C)OCCCCC. The van der Waals surface area contributed by atoms with Crippen LogP contribution in [-0.4, -0.2) is 19.5 Å². The maximum atomic E-state index is 5.92. The normalized spacial score (nSPS) is 12.6. The lowest BCUT2D eigenvalue weighted by Crippen LogP contribution is -2.17. The van der Waals surface area contributed by atoms with Gasteiger partial charge in [-0.05, 0) is 44.6 Å². The number of hydrogen-bond acceptors (Lipinski definition) is 2. The molecule has 0 aliphatic heterocycles. The van der Waals surface area contributed by atoms with Gasteiger partial charge in [-0.3, -0.25) is 0 Å². The van der Waals surface area contributed by atoms with Gasteiger partial charge in [0.1, 0.15) is 0 Å². The minimum absolute atomic E-state index is 0.146. The maximum absolute atomic E-state index is 5.92. The third-order valence-electron chi connectivity index (χ3n) is 3.83. The van der Waals surface area contributed by atoms with Crippen LogP contribution in [0.5, 0.6) is 0 Å². The van der Waals surface area contributed by atoms with E-state index in [-0.39, 0.29) is 6.29 Å². The van der Waals surface area contributed by atoms with Crippen molar-refractivity contribution in [2.45, 2.75) is 98.7 Å². The Morgan fingerprint density at radius 3 is 1.86 bits per heavy atom. The first kappa shape index (κ1) is 21.7. The minimum atomic E-state index is -0.146. The van der Waals surface area contributed by atoms with Crippen LogP contribution in [0.1, 0.15) is 92.4 Å². The zero-order valence-corrected chi connectivity index (χ0v) is 15.8. The van der Waals surface area contributed by atoms with Crippen LogP contribution >= 0.6 is 0 Å². The molecule has 0 amide bonds. The van der Waals surface area contributed by atoms with Crippen molar-refractivity contribution in [2.24, 2.45) is 5.92 Å². The highest BCUT2D eigenvalue weighted by molar-refractivity contribution is 5.00. The Kier molecular flexibility index (Phi) is 15.3. The highest BCUT2D eigenvalue weighted by Gasteiger charge is 2.07. The van der Waals surface area contributed by atoms with Crippen LogP contribution in [0.15, 0.2) is 11.6 Å². The zero-order chi connectivity index (χ0) is 16.6. The van der Waals surface area contributed by atoms with Crippen LogP contribution in [0.3, 0.4) is 0 Å². The number of allylic oxidation sites excluding steroid dienone is 1. The molecule has 22 heavy (non-hydrogen) atoms. The summed E-state index contributed by atoms with van der Waals surface area (Å²) in [4.78, 5) is 0. The van der Waals surface area contributed by atoms with E-state index in [1.54, 1.807) is 0 Å². The van der Waals surface area contributed by atoms with Gasteiger partial charge in [-0.15, -0.1) is 0 Å². The fourth-order valence-corrected chi connectivity index (χ4v) is 2.35. The van der Waals surface area contributed by atoms with Crippen molar-refractivity contribution < 1.29 is 9.47 Å². The molecular weight excluding hydrogens is 272 g/mol. The molecule has 0 spiro atoms. The molecule has 0 aromatic carbocycles. The Morgan fingerprint density at radius 2 is 1.41 bits per heavy atom. The van der Waals surface area contributed by atoms with Gasteiger partial charge in [0.05, 0.1) is 13.2 Å². The Bertz CT molecular complexity index is 246. The molecule has 0 aliphatic rings. The zero-order valence-electron chi connectivity index (χ0n) is 15.8. The monoisotopic (exact) mass is 312 g/mol. The quantitative estimate of drug-likeness (QED) is 0.195. The Labute approximate surface area is 139 Å². The van der Waals surface area contributed by atoms with Gasteiger partial charge < -0.3 is 9.47 Å². The van der Waals surface area contributed by atoms with Crippen molar-refractivity contribution in [3.63, 3.8) is 0 Å². The standard InChI is InChI=1S/C20H40O2/c1-6-8-10-15-21-20(22-16-11-9-7-2)17-19(5)14-12-13-18(3)4/h17-18,20H,6-16H2,1-5H3. The summed E-state index contributed by atoms with van der Waals surface area (Å²) in [5.74, 6) is 0.791. The maximum Gasteiger partial charge on any atom is 0.177 e. The summed E-state index contributed by atoms with van der Waals surface area (Å²) >= 11 is 0. The van der Waals surface area contributed by atoms with Crippen molar-refractivity contribution in [1.29, 1.82) is 0 Å². The molecular formula is C20H40O2. The molecule has 0 saturated carbocycles. The van der Waals surface area contributed by atoms with Gasteiger partial charge in [-0.1, -0.05) is 65.4 Å². The Hall–Kier alpha value is -0.340. The van der Waals surface area contributed by atoms with Gasteiger partial charge in [-0.2, -0.15) is 0 Å². The molecule has 0 fully saturated rings. The van der Waals surface area contributed by atoms with Gasteiger partial charge in [0.25, 0.3) is 0 Å². The smallest absolute Gasteiger partial charge is 0.177 e. The molecule has 0 aromatic rings. The van der Waals surface area contributed by atoms with E-state index in [2.05, 4.69) is 40.7 Å². The number of hydrogen-bond donors (Lipinski definition) is 0. The molecule has 0 bridgehead atoms. The van der Waals surface area contributed by atoms with E-state index < -0.39 is 0 Å². The van der Waals surface area contributed by atoms with Gasteiger partial charge in [0.15, 0.2) is 6.29 Å². The summed E-state index contributed by atoms with van der Waals surface area (Å²) in [7, 11) is 0. The molecule has 0 rings (SSSR count). The fraction of sp³-hybridized carbons (Fsp3) is 0.900. The molecule has 2 heteroatoms. The average molecular weight is 313 g/mol. The van der Waals surface area contributed by atoms with Crippen LogP contribution in [0.4, 0.5) is 0 Å². The molecule has 0 N–H and O–H groups in total. The lowest BCUT2D eigenvalue weighted by molar-refractivity contribution is -0.113. The summed E-state index contributed by atoms with van der Waals surface area (Å²) in [6.45, 7) is 12.8. The van der Waals surface area contributed by atoms with Crippen LogP contribution in [0.2, 0.25) is 0 Å². The average Bonchev–Trinajstić information content (AvgIpc) is 2.47.